The van der Waals surface area contributed by atoms with Crippen molar-refractivity contribution in [3.63, 3.8) is 0 Å². The number of aryl methyl sites for hydroxylation is 1. The molecule has 1 aromatic carbocycles. The average Bonchev–Trinajstić information content (AvgIpc) is 2.47. The summed E-state index contributed by atoms with van der Waals surface area (Å²) in [5.41, 5.74) is 2.46. The molecule has 0 aliphatic rings. The van der Waals surface area contributed by atoms with Crippen LogP contribution in [-0.4, -0.2) is 26.2 Å². The number of aromatic nitrogens is 1. The zero-order valence-corrected chi connectivity index (χ0v) is 12.0. The number of hydrogen-bond donors (Lipinski definition) is 2. The SMILES string of the molecule is CNc1ccc(NS(=O)(=O)CCc2ccncc2)cc1. The van der Waals surface area contributed by atoms with E-state index in [1.165, 1.54) is 0 Å². The van der Waals surface area contributed by atoms with Gasteiger partial charge in [-0.3, -0.25) is 9.71 Å². The molecular weight excluding hydrogens is 274 g/mol. The number of rotatable bonds is 6. The van der Waals surface area contributed by atoms with Crippen LogP contribution in [0.15, 0.2) is 48.8 Å². The number of hydrogen-bond acceptors (Lipinski definition) is 4. The van der Waals surface area contributed by atoms with E-state index in [9.17, 15) is 8.42 Å². The zero-order valence-electron chi connectivity index (χ0n) is 11.2. The third kappa shape index (κ3) is 4.24. The molecule has 5 nitrogen and oxygen atoms in total. The van der Waals surface area contributed by atoms with Crippen molar-refractivity contribution in [2.24, 2.45) is 0 Å². The van der Waals surface area contributed by atoms with Gasteiger partial charge in [0.1, 0.15) is 0 Å². The van der Waals surface area contributed by atoms with Crippen LogP contribution in [-0.2, 0) is 16.4 Å². The lowest BCUT2D eigenvalue weighted by atomic mass is 10.2. The van der Waals surface area contributed by atoms with Crippen LogP contribution in [0.4, 0.5) is 11.4 Å². The molecule has 0 saturated heterocycles. The molecule has 6 heteroatoms. The molecule has 0 aliphatic heterocycles. The molecule has 0 fully saturated rings. The summed E-state index contributed by atoms with van der Waals surface area (Å²) in [4.78, 5) is 3.90. The highest BCUT2D eigenvalue weighted by Crippen LogP contribution is 2.14. The van der Waals surface area contributed by atoms with E-state index in [4.69, 9.17) is 0 Å². The second-order valence-corrected chi connectivity index (χ2v) is 6.20. The van der Waals surface area contributed by atoms with E-state index in [2.05, 4.69) is 15.0 Å². The van der Waals surface area contributed by atoms with E-state index in [1.807, 2.05) is 31.3 Å². The molecule has 1 heterocycles. The van der Waals surface area contributed by atoms with Gasteiger partial charge in [-0.1, -0.05) is 0 Å². The molecular formula is C14H17N3O2S. The molecule has 2 rings (SSSR count). The summed E-state index contributed by atoms with van der Waals surface area (Å²) in [6, 6.07) is 10.7. The lowest BCUT2D eigenvalue weighted by molar-refractivity contribution is 0.600. The number of nitrogens with one attached hydrogen (secondary N) is 2. The van der Waals surface area contributed by atoms with Crippen LogP contribution < -0.4 is 10.0 Å². The number of benzene rings is 1. The van der Waals surface area contributed by atoms with Crippen molar-refractivity contribution in [1.29, 1.82) is 0 Å². The summed E-state index contributed by atoms with van der Waals surface area (Å²) >= 11 is 0. The zero-order chi connectivity index (χ0) is 14.4. The monoisotopic (exact) mass is 291 g/mol. The van der Waals surface area contributed by atoms with Gasteiger partial charge in [0, 0.05) is 30.8 Å². The van der Waals surface area contributed by atoms with Crippen LogP contribution in [0.3, 0.4) is 0 Å². The Kier molecular flexibility index (Phi) is 4.57. The van der Waals surface area contributed by atoms with Gasteiger partial charge < -0.3 is 5.32 Å². The Hall–Kier alpha value is -2.08. The second kappa shape index (κ2) is 6.38. The first kappa shape index (κ1) is 14.3. The lowest BCUT2D eigenvalue weighted by Crippen LogP contribution is -2.18. The van der Waals surface area contributed by atoms with Gasteiger partial charge in [0.2, 0.25) is 10.0 Å². The normalized spacial score (nSPS) is 11.1. The minimum absolute atomic E-state index is 0.0464. The Labute approximate surface area is 119 Å². The maximum Gasteiger partial charge on any atom is 0.233 e. The highest BCUT2D eigenvalue weighted by Gasteiger charge is 2.10. The number of anilines is 2. The summed E-state index contributed by atoms with van der Waals surface area (Å²) in [7, 11) is -1.53. The van der Waals surface area contributed by atoms with Crippen molar-refractivity contribution in [3.8, 4) is 0 Å². The van der Waals surface area contributed by atoms with Gasteiger partial charge in [-0.2, -0.15) is 0 Å². The number of pyridine rings is 1. The quantitative estimate of drug-likeness (QED) is 0.855. The van der Waals surface area contributed by atoms with Gasteiger partial charge >= 0.3 is 0 Å². The number of sulfonamides is 1. The second-order valence-electron chi connectivity index (χ2n) is 4.35. The fourth-order valence-corrected chi connectivity index (χ4v) is 2.84. The summed E-state index contributed by atoms with van der Waals surface area (Å²) in [5.74, 6) is 0.0464. The van der Waals surface area contributed by atoms with Crippen molar-refractivity contribution in [1.82, 2.24) is 4.98 Å². The molecule has 20 heavy (non-hydrogen) atoms. The van der Waals surface area contributed by atoms with Crippen molar-refractivity contribution in [2.45, 2.75) is 6.42 Å². The van der Waals surface area contributed by atoms with E-state index >= 15 is 0 Å². The molecule has 2 aromatic rings. The van der Waals surface area contributed by atoms with E-state index in [0.717, 1.165) is 11.3 Å². The van der Waals surface area contributed by atoms with Crippen molar-refractivity contribution in [3.05, 3.63) is 54.4 Å². The Morgan fingerprint density at radius 2 is 1.60 bits per heavy atom. The van der Waals surface area contributed by atoms with Crippen LogP contribution in [0.1, 0.15) is 5.56 Å². The molecule has 1 aromatic heterocycles. The smallest absolute Gasteiger partial charge is 0.233 e. The topological polar surface area (TPSA) is 71.1 Å². The van der Waals surface area contributed by atoms with E-state index in [1.54, 1.807) is 24.5 Å². The molecule has 0 amide bonds. The van der Waals surface area contributed by atoms with Gasteiger partial charge in [0.25, 0.3) is 0 Å². The summed E-state index contributed by atoms with van der Waals surface area (Å²) in [6.45, 7) is 0. The molecule has 0 radical (unpaired) electrons. The third-order valence-electron chi connectivity index (χ3n) is 2.86. The minimum atomic E-state index is -3.34. The fourth-order valence-electron chi connectivity index (χ4n) is 1.74. The van der Waals surface area contributed by atoms with Crippen molar-refractivity contribution in [2.75, 3.05) is 22.8 Å². The standard InChI is InChI=1S/C14H17N3O2S/c1-15-13-2-4-14(5-3-13)17-20(18,19)11-8-12-6-9-16-10-7-12/h2-7,9-10,15,17H,8,11H2,1H3. The summed E-state index contributed by atoms with van der Waals surface area (Å²) in [5, 5.41) is 2.98. The van der Waals surface area contributed by atoms with Crippen LogP contribution in [0.2, 0.25) is 0 Å². The van der Waals surface area contributed by atoms with Crippen molar-refractivity contribution >= 4 is 21.4 Å². The Morgan fingerprint density at radius 3 is 2.20 bits per heavy atom. The van der Waals surface area contributed by atoms with E-state index in [0.29, 0.717) is 12.1 Å². The summed E-state index contributed by atoms with van der Waals surface area (Å²) < 4.78 is 26.5. The first-order valence-corrected chi connectivity index (χ1v) is 7.91. The number of nitrogens with zero attached hydrogens (tertiary/aromatic N) is 1. The van der Waals surface area contributed by atoms with Gasteiger partial charge in [-0.15, -0.1) is 0 Å². The summed E-state index contributed by atoms with van der Waals surface area (Å²) in [6.07, 6.45) is 3.78. The maximum absolute atomic E-state index is 12.0. The largest absolute Gasteiger partial charge is 0.388 e. The molecule has 0 aliphatic carbocycles. The van der Waals surface area contributed by atoms with Crippen molar-refractivity contribution < 1.29 is 8.42 Å². The third-order valence-corrected chi connectivity index (χ3v) is 4.14. The molecule has 0 unspecified atom stereocenters. The Morgan fingerprint density at radius 1 is 1.00 bits per heavy atom. The predicted molar refractivity (Wildman–Crippen MR) is 81.3 cm³/mol. The molecule has 0 spiro atoms. The van der Waals surface area contributed by atoms with Gasteiger partial charge in [0.05, 0.1) is 5.75 Å². The Bertz CT molecular complexity index is 640. The van der Waals surface area contributed by atoms with Crippen LogP contribution in [0.5, 0.6) is 0 Å². The average molecular weight is 291 g/mol. The van der Waals surface area contributed by atoms with Crippen LogP contribution in [0, 0.1) is 0 Å². The molecule has 2 N–H and O–H groups in total. The first-order chi connectivity index (χ1) is 9.59. The maximum atomic E-state index is 12.0. The van der Waals surface area contributed by atoms with Gasteiger partial charge in [0.15, 0.2) is 0 Å². The first-order valence-electron chi connectivity index (χ1n) is 6.26. The highest BCUT2D eigenvalue weighted by atomic mass is 32.2. The van der Waals surface area contributed by atoms with E-state index < -0.39 is 10.0 Å². The van der Waals surface area contributed by atoms with E-state index in [-0.39, 0.29) is 5.75 Å². The Balaban J connectivity index is 1.96. The molecule has 0 bridgehead atoms. The fraction of sp³-hybridized carbons (Fsp3) is 0.214. The van der Waals surface area contributed by atoms with Gasteiger partial charge in [-0.25, -0.2) is 8.42 Å². The van der Waals surface area contributed by atoms with Gasteiger partial charge in [-0.05, 0) is 48.4 Å². The lowest BCUT2D eigenvalue weighted by Gasteiger charge is -2.08. The predicted octanol–water partition coefficient (Wildman–Crippen LogP) is 2.11. The highest BCUT2D eigenvalue weighted by molar-refractivity contribution is 7.92. The van der Waals surface area contributed by atoms with Crippen LogP contribution >= 0.6 is 0 Å². The van der Waals surface area contributed by atoms with Crippen LogP contribution in [0.25, 0.3) is 0 Å². The molecule has 0 saturated carbocycles. The minimum Gasteiger partial charge on any atom is -0.388 e. The molecule has 106 valence electrons. The molecule has 0 atom stereocenters.